The summed E-state index contributed by atoms with van der Waals surface area (Å²) in [6.45, 7) is 8.23. The number of nitrogens with one attached hydrogen (secondary N) is 1. The molecule has 3 rings (SSSR count). The van der Waals surface area contributed by atoms with E-state index in [4.69, 9.17) is 4.74 Å². The Bertz CT molecular complexity index is 915. The van der Waals surface area contributed by atoms with E-state index in [0.29, 0.717) is 0 Å². The van der Waals surface area contributed by atoms with Crippen molar-refractivity contribution in [1.82, 2.24) is 4.98 Å². The molecule has 4 nitrogen and oxygen atoms in total. The van der Waals surface area contributed by atoms with E-state index in [9.17, 15) is 0 Å². The molecular formula is C21H23N3OS. The van der Waals surface area contributed by atoms with Crippen LogP contribution in [0.2, 0.25) is 0 Å². The molecule has 0 saturated carbocycles. The van der Waals surface area contributed by atoms with Crippen LogP contribution in [-0.4, -0.2) is 17.3 Å². The molecule has 1 aromatic heterocycles. The van der Waals surface area contributed by atoms with Crippen molar-refractivity contribution in [2.24, 2.45) is 5.10 Å². The topological polar surface area (TPSA) is 46.5 Å². The van der Waals surface area contributed by atoms with E-state index in [0.717, 1.165) is 27.7 Å². The van der Waals surface area contributed by atoms with E-state index >= 15 is 0 Å². The summed E-state index contributed by atoms with van der Waals surface area (Å²) in [6.07, 6.45) is 1.92. The number of ether oxygens (including phenoxy) is 1. The number of anilines is 1. The Morgan fingerprint density at radius 3 is 2.77 bits per heavy atom. The fourth-order valence-electron chi connectivity index (χ4n) is 2.65. The van der Waals surface area contributed by atoms with Gasteiger partial charge in [-0.05, 0) is 51.0 Å². The minimum Gasteiger partial charge on any atom is -0.491 e. The molecule has 3 aromatic rings. The van der Waals surface area contributed by atoms with Gasteiger partial charge in [-0.2, -0.15) is 5.10 Å². The molecule has 0 spiro atoms. The molecule has 0 bridgehead atoms. The maximum Gasteiger partial charge on any atom is 0.203 e. The number of hydrogen-bond donors (Lipinski definition) is 1. The fourth-order valence-corrected chi connectivity index (χ4v) is 3.31. The van der Waals surface area contributed by atoms with E-state index in [1.165, 1.54) is 11.1 Å². The molecule has 134 valence electrons. The van der Waals surface area contributed by atoms with Gasteiger partial charge in [0, 0.05) is 10.9 Å². The minimum absolute atomic E-state index is 0.152. The van der Waals surface area contributed by atoms with Gasteiger partial charge in [-0.1, -0.05) is 35.9 Å². The summed E-state index contributed by atoms with van der Waals surface area (Å²) in [6, 6.07) is 14.3. The lowest BCUT2D eigenvalue weighted by Gasteiger charge is -2.09. The average molecular weight is 366 g/mol. The molecule has 2 aromatic carbocycles. The van der Waals surface area contributed by atoms with Crippen LogP contribution >= 0.6 is 11.3 Å². The van der Waals surface area contributed by atoms with Crippen molar-refractivity contribution in [2.75, 3.05) is 5.43 Å². The molecular weight excluding hydrogens is 342 g/mol. The molecule has 0 radical (unpaired) electrons. The zero-order valence-electron chi connectivity index (χ0n) is 15.5. The van der Waals surface area contributed by atoms with Gasteiger partial charge in [-0.3, -0.25) is 5.43 Å². The zero-order valence-corrected chi connectivity index (χ0v) is 16.3. The molecule has 1 heterocycles. The first-order valence-electron chi connectivity index (χ1n) is 8.60. The summed E-state index contributed by atoms with van der Waals surface area (Å²) in [5.41, 5.74) is 8.60. The van der Waals surface area contributed by atoms with Gasteiger partial charge >= 0.3 is 0 Å². The van der Waals surface area contributed by atoms with Gasteiger partial charge in [0.2, 0.25) is 5.13 Å². The van der Waals surface area contributed by atoms with Crippen molar-refractivity contribution in [2.45, 2.75) is 33.8 Å². The highest BCUT2D eigenvalue weighted by atomic mass is 32.1. The number of aryl methyl sites for hydroxylation is 2. The highest BCUT2D eigenvalue weighted by Crippen LogP contribution is 2.28. The lowest BCUT2D eigenvalue weighted by molar-refractivity contribution is 0.242. The van der Waals surface area contributed by atoms with Crippen LogP contribution in [-0.2, 0) is 0 Å². The second kappa shape index (κ2) is 8.15. The predicted octanol–water partition coefficient (Wildman–Crippen LogP) is 5.66. The number of rotatable bonds is 6. The number of hydrazone groups is 1. The fraction of sp³-hybridized carbons (Fsp3) is 0.238. The highest BCUT2D eigenvalue weighted by Gasteiger charge is 2.07. The van der Waals surface area contributed by atoms with Crippen molar-refractivity contribution in [1.29, 1.82) is 0 Å². The maximum absolute atomic E-state index is 5.70. The summed E-state index contributed by atoms with van der Waals surface area (Å²) in [7, 11) is 0. The number of nitrogens with zero attached hydrogens (tertiary/aromatic N) is 2. The Kier molecular flexibility index (Phi) is 5.68. The molecule has 0 fully saturated rings. The third-order valence-electron chi connectivity index (χ3n) is 3.77. The first-order chi connectivity index (χ1) is 12.5. The molecule has 0 saturated heterocycles. The molecule has 0 aliphatic heterocycles. The SMILES string of the molecule is Cc1ccc(-c2csc(N/N=C\c3cccc(OC(C)C)c3)n2)c(C)c1. The van der Waals surface area contributed by atoms with Gasteiger partial charge in [-0.25, -0.2) is 4.98 Å². The van der Waals surface area contributed by atoms with E-state index in [1.54, 1.807) is 17.6 Å². The predicted molar refractivity (Wildman–Crippen MR) is 110 cm³/mol. The Labute approximate surface area is 158 Å². The molecule has 0 aliphatic carbocycles. The summed E-state index contributed by atoms with van der Waals surface area (Å²) in [4.78, 5) is 4.63. The van der Waals surface area contributed by atoms with Crippen LogP contribution < -0.4 is 10.2 Å². The Hall–Kier alpha value is -2.66. The van der Waals surface area contributed by atoms with Gasteiger partial charge < -0.3 is 4.74 Å². The third-order valence-corrected chi connectivity index (χ3v) is 4.51. The van der Waals surface area contributed by atoms with Gasteiger partial charge in [0.1, 0.15) is 5.75 Å². The normalized spacial score (nSPS) is 11.3. The van der Waals surface area contributed by atoms with Crippen LogP contribution in [0, 0.1) is 13.8 Å². The quantitative estimate of drug-likeness (QED) is 0.453. The smallest absolute Gasteiger partial charge is 0.203 e. The van der Waals surface area contributed by atoms with Crippen LogP contribution in [0.4, 0.5) is 5.13 Å². The molecule has 0 amide bonds. The first kappa shape index (κ1) is 18.1. The van der Waals surface area contributed by atoms with E-state index in [1.807, 2.05) is 43.5 Å². The van der Waals surface area contributed by atoms with E-state index < -0.39 is 0 Å². The van der Waals surface area contributed by atoms with Crippen molar-refractivity contribution >= 4 is 22.7 Å². The van der Waals surface area contributed by atoms with Crippen LogP contribution in [0.5, 0.6) is 5.75 Å². The molecule has 5 heteroatoms. The molecule has 26 heavy (non-hydrogen) atoms. The number of hydrogen-bond acceptors (Lipinski definition) is 5. The zero-order chi connectivity index (χ0) is 18.5. The van der Waals surface area contributed by atoms with Crippen LogP contribution in [0.1, 0.15) is 30.5 Å². The summed E-state index contributed by atoms with van der Waals surface area (Å²) in [5, 5.41) is 7.11. The molecule has 0 atom stereocenters. The molecule has 0 aliphatic rings. The minimum atomic E-state index is 0.152. The molecule has 1 N–H and O–H groups in total. The number of benzene rings is 2. The summed E-state index contributed by atoms with van der Waals surface area (Å²) >= 11 is 1.54. The summed E-state index contributed by atoms with van der Waals surface area (Å²) < 4.78 is 5.70. The maximum atomic E-state index is 5.70. The van der Waals surface area contributed by atoms with Crippen LogP contribution in [0.15, 0.2) is 52.9 Å². The Morgan fingerprint density at radius 2 is 2.00 bits per heavy atom. The second-order valence-corrected chi connectivity index (χ2v) is 7.32. The lowest BCUT2D eigenvalue weighted by atomic mass is 10.0. The largest absolute Gasteiger partial charge is 0.491 e. The van der Waals surface area contributed by atoms with Gasteiger partial charge in [0.25, 0.3) is 0 Å². The highest BCUT2D eigenvalue weighted by molar-refractivity contribution is 7.14. The first-order valence-corrected chi connectivity index (χ1v) is 9.48. The van der Waals surface area contributed by atoms with Crippen molar-refractivity contribution in [3.8, 4) is 17.0 Å². The van der Waals surface area contributed by atoms with Gasteiger partial charge in [0.05, 0.1) is 18.0 Å². The molecule has 0 unspecified atom stereocenters. The van der Waals surface area contributed by atoms with Gasteiger partial charge in [-0.15, -0.1) is 11.3 Å². The van der Waals surface area contributed by atoms with Gasteiger partial charge in [0.15, 0.2) is 0 Å². The average Bonchev–Trinajstić information content (AvgIpc) is 3.03. The third kappa shape index (κ3) is 4.70. The standard InChI is InChI=1S/C21H23N3OS/c1-14(2)25-18-7-5-6-17(11-18)12-22-24-21-23-20(13-26-21)19-9-8-15(3)10-16(19)4/h5-14H,1-4H3,(H,23,24)/b22-12-. The Morgan fingerprint density at radius 1 is 1.15 bits per heavy atom. The van der Waals surface area contributed by atoms with Crippen LogP contribution in [0.25, 0.3) is 11.3 Å². The van der Waals surface area contributed by atoms with Crippen molar-refractivity contribution in [3.05, 3.63) is 64.5 Å². The van der Waals surface area contributed by atoms with Crippen LogP contribution in [0.3, 0.4) is 0 Å². The number of thiazole rings is 1. The van der Waals surface area contributed by atoms with Crippen molar-refractivity contribution in [3.63, 3.8) is 0 Å². The second-order valence-electron chi connectivity index (χ2n) is 6.47. The van der Waals surface area contributed by atoms with Crippen molar-refractivity contribution < 1.29 is 4.74 Å². The number of aromatic nitrogens is 1. The monoisotopic (exact) mass is 365 g/mol. The van der Waals surface area contributed by atoms with E-state index in [-0.39, 0.29) is 6.10 Å². The van der Waals surface area contributed by atoms with E-state index in [2.05, 4.69) is 47.6 Å². The summed E-state index contributed by atoms with van der Waals surface area (Å²) in [5.74, 6) is 0.843. The lowest BCUT2D eigenvalue weighted by Crippen LogP contribution is -2.05. The Balaban J connectivity index is 1.67.